The van der Waals surface area contributed by atoms with Gasteiger partial charge in [0.25, 0.3) is 0 Å². The Hall–Kier alpha value is -3.50. The molecule has 5 rings (SSSR count). The van der Waals surface area contributed by atoms with Gasteiger partial charge in [-0.25, -0.2) is 15.0 Å². The molecule has 4 heterocycles. The number of aromatic nitrogens is 5. The predicted octanol–water partition coefficient (Wildman–Crippen LogP) is 6.56. The lowest BCUT2D eigenvalue weighted by molar-refractivity contribution is -0.120. The minimum Gasteiger partial charge on any atom is -0.309 e. The SMILES string of the molecule is CC(=O)c1nn2c3c(cc(-c4cnc(C)nc4)cc13)CCCCCCCCc1ccc(Br)nc1NC(=O)[C@H](C)N(C)CC2. The minimum atomic E-state index is -0.391. The number of amides is 1. The number of rotatable bonds is 2. The van der Waals surface area contributed by atoms with Gasteiger partial charge in [0.1, 0.15) is 21.9 Å². The summed E-state index contributed by atoms with van der Waals surface area (Å²) in [4.78, 5) is 41.5. The molecular weight excluding hydrogens is 606 g/mol. The summed E-state index contributed by atoms with van der Waals surface area (Å²) in [7, 11) is 1.94. The number of likely N-dealkylation sites (N-methyl/N-ethyl adjacent to an activating group) is 1. The zero-order valence-corrected chi connectivity index (χ0v) is 27.1. The molecule has 0 fully saturated rings. The molecule has 0 bridgehead atoms. The Morgan fingerprint density at radius 3 is 2.33 bits per heavy atom. The molecule has 1 amide bonds. The van der Waals surface area contributed by atoms with Crippen molar-refractivity contribution in [2.45, 2.75) is 84.7 Å². The van der Waals surface area contributed by atoms with Crippen LogP contribution in [0.1, 0.15) is 79.8 Å². The molecule has 43 heavy (non-hydrogen) atoms. The third kappa shape index (κ3) is 7.36. The van der Waals surface area contributed by atoms with Crippen LogP contribution in [0.3, 0.4) is 0 Å². The van der Waals surface area contributed by atoms with Crippen LogP contribution in [-0.4, -0.2) is 61.0 Å². The van der Waals surface area contributed by atoms with Crippen LogP contribution in [-0.2, 0) is 24.2 Å². The second-order valence-electron chi connectivity index (χ2n) is 11.6. The molecular formula is C33H40BrN7O2. The Kier molecular flexibility index (Phi) is 9.97. The van der Waals surface area contributed by atoms with Gasteiger partial charge in [-0.05, 0) is 97.4 Å². The Morgan fingerprint density at radius 2 is 1.63 bits per heavy atom. The fourth-order valence-corrected chi connectivity index (χ4v) is 6.01. The van der Waals surface area contributed by atoms with Gasteiger partial charge in [0.15, 0.2) is 5.78 Å². The fraction of sp³-hybridized carbons (Fsp3) is 0.455. The molecule has 1 aliphatic heterocycles. The number of carbonyl (C=O) groups excluding carboxylic acids is 2. The highest BCUT2D eigenvalue weighted by molar-refractivity contribution is 9.10. The smallest absolute Gasteiger partial charge is 0.242 e. The first-order valence-corrected chi connectivity index (χ1v) is 16.0. The number of pyridine rings is 1. The average molecular weight is 647 g/mol. The van der Waals surface area contributed by atoms with E-state index >= 15 is 0 Å². The number of carbonyl (C=O) groups is 2. The quantitative estimate of drug-likeness (QED) is 0.194. The molecule has 1 atom stereocenters. The molecule has 0 unspecified atom stereocenters. The predicted molar refractivity (Wildman–Crippen MR) is 173 cm³/mol. The third-order valence-electron chi connectivity index (χ3n) is 8.40. The first-order chi connectivity index (χ1) is 20.7. The topological polar surface area (TPSA) is 106 Å². The number of halogens is 1. The van der Waals surface area contributed by atoms with Gasteiger partial charge >= 0.3 is 0 Å². The maximum Gasteiger partial charge on any atom is 0.242 e. The van der Waals surface area contributed by atoms with Gasteiger partial charge in [0.05, 0.1) is 18.1 Å². The largest absolute Gasteiger partial charge is 0.309 e. The molecule has 9 nitrogen and oxygen atoms in total. The fourth-order valence-electron chi connectivity index (χ4n) is 5.70. The van der Waals surface area contributed by atoms with E-state index in [-0.39, 0.29) is 11.7 Å². The molecule has 0 spiro atoms. The standard InChI is InChI=1S/C33H40BrN7O2/c1-21-33(43)38-32-24(13-14-29(34)37-32)11-9-7-5-6-8-10-12-25-17-26(27-19-35-23(3)36-20-27)18-28-30(22(2)42)39-41(31(25)28)16-15-40(21)4/h13-14,17-21H,5-12,15-16H2,1-4H3,(H,37,38,43)/t21-/m0/s1. The summed E-state index contributed by atoms with van der Waals surface area (Å²) in [5.74, 6) is 1.17. The number of ketones is 1. The van der Waals surface area contributed by atoms with Crippen molar-refractivity contribution in [3.05, 3.63) is 63.9 Å². The average Bonchev–Trinajstić information content (AvgIpc) is 3.36. The number of hydrogen-bond donors (Lipinski definition) is 1. The second kappa shape index (κ2) is 13.9. The summed E-state index contributed by atoms with van der Waals surface area (Å²) in [5.41, 5.74) is 5.61. The molecule has 1 aromatic carbocycles. The first kappa shape index (κ1) is 30.9. The number of hydrogen-bond acceptors (Lipinski definition) is 7. The number of benzene rings is 1. The van der Waals surface area contributed by atoms with Crippen LogP contribution in [0.25, 0.3) is 22.0 Å². The van der Waals surface area contributed by atoms with Crippen molar-refractivity contribution >= 4 is 44.3 Å². The van der Waals surface area contributed by atoms with Gasteiger partial charge in [-0.15, -0.1) is 0 Å². The monoisotopic (exact) mass is 645 g/mol. The van der Waals surface area contributed by atoms with E-state index in [0.717, 1.165) is 84.8 Å². The summed E-state index contributed by atoms with van der Waals surface area (Å²) in [6, 6.07) is 7.85. The number of fused-ring (bicyclic) bond motifs is 1. The lowest BCUT2D eigenvalue weighted by Crippen LogP contribution is -2.41. The van der Waals surface area contributed by atoms with E-state index in [1.54, 1.807) is 6.92 Å². The normalized spacial score (nSPS) is 17.9. The van der Waals surface area contributed by atoms with Crippen LogP contribution in [0.4, 0.5) is 5.82 Å². The molecule has 0 aliphatic carbocycles. The number of nitrogens with zero attached hydrogens (tertiary/aromatic N) is 6. The summed E-state index contributed by atoms with van der Waals surface area (Å²) in [6.45, 7) is 6.46. The number of nitrogens with one attached hydrogen (secondary N) is 1. The molecule has 226 valence electrons. The Labute approximate surface area is 261 Å². The number of aryl methyl sites for hydroxylation is 3. The zero-order chi connectivity index (χ0) is 30.5. The summed E-state index contributed by atoms with van der Waals surface area (Å²) in [6.07, 6.45) is 12.1. The van der Waals surface area contributed by atoms with Crippen LogP contribution < -0.4 is 5.32 Å². The van der Waals surface area contributed by atoms with E-state index in [0.29, 0.717) is 29.2 Å². The molecule has 0 saturated carbocycles. The van der Waals surface area contributed by atoms with Crippen molar-refractivity contribution in [1.29, 1.82) is 0 Å². The lowest BCUT2D eigenvalue weighted by atomic mass is 9.96. The van der Waals surface area contributed by atoms with Crippen molar-refractivity contribution in [1.82, 2.24) is 29.6 Å². The van der Waals surface area contributed by atoms with Crippen LogP contribution >= 0.6 is 15.9 Å². The van der Waals surface area contributed by atoms with Crippen molar-refractivity contribution in [2.75, 3.05) is 18.9 Å². The van der Waals surface area contributed by atoms with Crippen molar-refractivity contribution < 1.29 is 9.59 Å². The molecule has 10 heteroatoms. The van der Waals surface area contributed by atoms with Crippen molar-refractivity contribution in [3.8, 4) is 11.1 Å². The van der Waals surface area contributed by atoms with E-state index < -0.39 is 6.04 Å². The third-order valence-corrected chi connectivity index (χ3v) is 8.85. The zero-order valence-electron chi connectivity index (χ0n) is 25.5. The first-order valence-electron chi connectivity index (χ1n) is 15.2. The van der Waals surface area contributed by atoms with Gasteiger partial charge in [0, 0.05) is 36.8 Å². The maximum absolute atomic E-state index is 13.3. The van der Waals surface area contributed by atoms with Crippen LogP contribution in [0, 0.1) is 6.92 Å². The molecule has 1 N–H and O–H groups in total. The Morgan fingerprint density at radius 1 is 0.953 bits per heavy atom. The lowest BCUT2D eigenvalue weighted by Gasteiger charge is -2.24. The van der Waals surface area contributed by atoms with Gasteiger partial charge in [0.2, 0.25) is 5.91 Å². The second-order valence-corrected chi connectivity index (χ2v) is 12.4. The van der Waals surface area contributed by atoms with E-state index in [4.69, 9.17) is 5.10 Å². The summed E-state index contributed by atoms with van der Waals surface area (Å²) in [5, 5.41) is 8.75. The molecule has 4 aromatic rings. The van der Waals surface area contributed by atoms with Crippen LogP contribution in [0.2, 0.25) is 0 Å². The van der Waals surface area contributed by atoms with E-state index in [2.05, 4.69) is 42.3 Å². The Balaban J connectivity index is 1.50. The van der Waals surface area contributed by atoms with Gasteiger partial charge in [-0.2, -0.15) is 5.10 Å². The molecule has 1 aliphatic rings. The van der Waals surface area contributed by atoms with E-state index in [1.807, 2.05) is 61.1 Å². The van der Waals surface area contributed by atoms with Gasteiger partial charge in [-0.3, -0.25) is 19.2 Å². The molecule has 0 saturated heterocycles. The van der Waals surface area contributed by atoms with Crippen molar-refractivity contribution in [3.63, 3.8) is 0 Å². The maximum atomic E-state index is 13.3. The van der Waals surface area contributed by atoms with E-state index in [9.17, 15) is 9.59 Å². The highest BCUT2D eigenvalue weighted by Gasteiger charge is 2.23. The van der Waals surface area contributed by atoms with Crippen molar-refractivity contribution in [2.24, 2.45) is 0 Å². The van der Waals surface area contributed by atoms with Crippen LogP contribution in [0.5, 0.6) is 0 Å². The Bertz CT molecular complexity index is 1620. The highest BCUT2D eigenvalue weighted by atomic mass is 79.9. The highest BCUT2D eigenvalue weighted by Crippen LogP contribution is 2.31. The molecule has 0 radical (unpaired) electrons. The summed E-state index contributed by atoms with van der Waals surface area (Å²) < 4.78 is 2.66. The van der Waals surface area contributed by atoms with Crippen LogP contribution in [0.15, 0.2) is 41.3 Å². The number of Topliss-reactive ketones (excluding diaryl/α,β-unsaturated/α-hetero) is 1. The van der Waals surface area contributed by atoms with E-state index in [1.165, 1.54) is 5.56 Å². The van der Waals surface area contributed by atoms with Gasteiger partial charge < -0.3 is 5.32 Å². The minimum absolute atomic E-state index is 0.0695. The summed E-state index contributed by atoms with van der Waals surface area (Å²) >= 11 is 3.46. The van der Waals surface area contributed by atoms with Gasteiger partial charge in [-0.1, -0.05) is 31.7 Å². The number of anilines is 1. The molecule has 3 aromatic heterocycles.